The molecule has 21 heavy (non-hydrogen) atoms. The maximum atomic E-state index is 8.79. The van der Waals surface area contributed by atoms with Crippen molar-refractivity contribution in [2.45, 2.75) is 13.3 Å². The maximum absolute atomic E-state index is 8.79. The number of nitrogens with zero attached hydrogens (tertiary/aromatic N) is 2. The van der Waals surface area contributed by atoms with Crippen LogP contribution in [-0.4, -0.2) is 16.6 Å². The van der Waals surface area contributed by atoms with Crippen molar-refractivity contribution in [1.29, 1.82) is 10.7 Å². The highest BCUT2D eigenvalue weighted by molar-refractivity contribution is 6.10. The molecule has 2 rings (SSSR count). The molecule has 0 radical (unpaired) electrons. The van der Waals surface area contributed by atoms with Crippen LogP contribution in [0.5, 0.6) is 0 Å². The van der Waals surface area contributed by atoms with E-state index in [1.54, 1.807) is 19.1 Å². The van der Waals surface area contributed by atoms with Gasteiger partial charge in [0.25, 0.3) is 0 Å². The smallest absolute Gasteiger partial charge is 0.0991 e. The number of nitriles is 1. The second-order valence-corrected chi connectivity index (χ2v) is 4.76. The van der Waals surface area contributed by atoms with Gasteiger partial charge in [-0.25, -0.2) is 0 Å². The van der Waals surface area contributed by atoms with E-state index in [-0.39, 0.29) is 0 Å². The quantitative estimate of drug-likeness (QED) is 0.506. The van der Waals surface area contributed by atoms with Gasteiger partial charge < -0.3 is 10.6 Å². The molecule has 0 bridgehead atoms. The summed E-state index contributed by atoms with van der Waals surface area (Å²) in [5.41, 5.74) is 4.42. The first kappa shape index (κ1) is 14.5. The summed E-state index contributed by atoms with van der Waals surface area (Å²) in [6.07, 6.45) is 0.326. The number of oxime groups is 1. The summed E-state index contributed by atoms with van der Waals surface area (Å²) >= 11 is 0. The van der Waals surface area contributed by atoms with Crippen LogP contribution >= 0.6 is 0 Å². The van der Waals surface area contributed by atoms with Crippen molar-refractivity contribution in [1.82, 2.24) is 0 Å². The summed E-state index contributed by atoms with van der Waals surface area (Å²) < 4.78 is 0. The highest BCUT2D eigenvalue weighted by Crippen LogP contribution is 2.20. The van der Waals surface area contributed by atoms with Gasteiger partial charge in [-0.15, -0.1) is 0 Å². The van der Waals surface area contributed by atoms with E-state index in [0.29, 0.717) is 23.4 Å². The average molecular weight is 277 g/mol. The van der Waals surface area contributed by atoms with Gasteiger partial charge in [0.2, 0.25) is 0 Å². The molecule has 0 amide bonds. The van der Waals surface area contributed by atoms with Crippen LogP contribution in [0.2, 0.25) is 0 Å². The Morgan fingerprint density at radius 3 is 2.10 bits per heavy atom. The first-order valence-corrected chi connectivity index (χ1v) is 6.50. The molecule has 0 aliphatic carbocycles. The van der Waals surface area contributed by atoms with Crippen LogP contribution in [0.3, 0.4) is 0 Å². The summed E-state index contributed by atoms with van der Waals surface area (Å²) in [7, 11) is 0. The Morgan fingerprint density at radius 1 is 1.10 bits per heavy atom. The summed E-state index contributed by atoms with van der Waals surface area (Å²) in [4.78, 5) is 0. The lowest BCUT2D eigenvalue weighted by atomic mass is 9.99. The van der Waals surface area contributed by atoms with Crippen molar-refractivity contribution in [3.05, 3.63) is 59.7 Å². The molecule has 0 saturated carbocycles. The normalized spacial score (nSPS) is 11.0. The van der Waals surface area contributed by atoms with Crippen molar-refractivity contribution in [3.63, 3.8) is 0 Å². The Bertz CT molecular complexity index is 707. The Labute approximate surface area is 123 Å². The van der Waals surface area contributed by atoms with Crippen molar-refractivity contribution in [3.8, 4) is 17.2 Å². The van der Waals surface area contributed by atoms with E-state index < -0.39 is 0 Å². The summed E-state index contributed by atoms with van der Waals surface area (Å²) in [5.74, 6) is 0. The van der Waals surface area contributed by atoms with Crippen LogP contribution in [0.1, 0.15) is 24.5 Å². The van der Waals surface area contributed by atoms with Gasteiger partial charge in [-0.3, -0.25) is 0 Å². The summed E-state index contributed by atoms with van der Waals surface area (Å²) in [6, 6.07) is 17.1. The van der Waals surface area contributed by atoms with Gasteiger partial charge in [-0.05, 0) is 35.7 Å². The zero-order valence-corrected chi connectivity index (χ0v) is 11.7. The Kier molecular flexibility index (Phi) is 4.47. The molecule has 0 unspecified atom stereocenters. The lowest BCUT2D eigenvalue weighted by molar-refractivity contribution is 0.318. The molecule has 0 aliphatic rings. The van der Waals surface area contributed by atoms with Crippen molar-refractivity contribution >= 4 is 11.4 Å². The molecule has 0 atom stereocenters. The molecule has 4 heteroatoms. The van der Waals surface area contributed by atoms with Gasteiger partial charge in [-0.1, -0.05) is 41.6 Å². The maximum Gasteiger partial charge on any atom is 0.0991 e. The Balaban J connectivity index is 2.18. The van der Waals surface area contributed by atoms with Crippen LogP contribution in [-0.2, 0) is 0 Å². The average Bonchev–Trinajstić information content (AvgIpc) is 2.55. The van der Waals surface area contributed by atoms with E-state index in [1.165, 1.54) is 0 Å². The lowest BCUT2D eigenvalue weighted by Crippen LogP contribution is -2.05. The Hall–Kier alpha value is -2.93. The number of nitrogens with one attached hydrogen (secondary N) is 1. The molecular weight excluding hydrogens is 262 g/mol. The molecule has 0 spiro atoms. The van der Waals surface area contributed by atoms with E-state index in [0.717, 1.165) is 16.7 Å². The molecule has 2 N–H and O–H groups in total. The minimum absolute atomic E-state index is 0.326. The van der Waals surface area contributed by atoms with Crippen LogP contribution in [0, 0.1) is 16.7 Å². The molecule has 104 valence electrons. The number of hydrogen-bond donors (Lipinski definition) is 2. The van der Waals surface area contributed by atoms with E-state index >= 15 is 0 Å². The molecule has 0 heterocycles. The second kappa shape index (κ2) is 6.49. The van der Waals surface area contributed by atoms with Gasteiger partial charge in [0.05, 0.1) is 17.3 Å². The molecule has 4 nitrogen and oxygen atoms in total. The minimum Gasteiger partial charge on any atom is -0.411 e. The van der Waals surface area contributed by atoms with Gasteiger partial charge in [-0.2, -0.15) is 5.26 Å². The van der Waals surface area contributed by atoms with Crippen LogP contribution < -0.4 is 0 Å². The van der Waals surface area contributed by atoms with E-state index in [1.807, 2.05) is 36.4 Å². The van der Waals surface area contributed by atoms with Gasteiger partial charge >= 0.3 is 0 Å². The Morgan fingerprint density at radius 2 is 1.62 bits per heavy atom. The third-order valence-corrected chi connectivity index (χ3v) is 3.18. The largest absolute Gasteiger partial charge is 0.411 e. The topological polar surface area (TPSA) is 80.2 Å². The highest BCUT2D eigenvalue weighted by Gasteiger charge is 2.05. The molecule has 2 aromatic rings. The van der Waals surface area contributed by atoms with E-state index in [2.05, 4.69) is 11.2 Å². The fraction of sp³-hybridized carbons (Fsp3) is 0.118. The zero-order chi connectivity index (χ0) is 15.2. The predicted molar refractivity (Wildman–Crippen MR) is 82.9 cm³/mol. The first-order chi connectivity index (χ1) is 10.1. The number of rotatable bonds is 4. The van der Waals surface area contributed by atoms with Crippen molar-refractivity contribution in [2.75, 3.05) is 0 Å². The molecule has 0 aliphatic heterocycles. The SMILES string of the molecule is C/C(CC(=N)c1ccc(-c2ccc(C#N)cc2)cc1)=N\O. The van der Waals surface area contributed by atoms with Crippen LogP contribution in [0.25, 0.3) is 11.1 Å². The fourth-order valence-corrected chi connectivity index (χ4v) is 1.99. The summed E-state index contributed by atoms with van der Waals surface area (Å²) in [6.45, 7) is 1.68. The van der Waals surface area contributed by atoms with Gasteiger partial charge in [0, 0.05) is 12.1 Å². The third kappa shape index (κ3) is 3.54. The highest BCUT2D eigenvalue weighted by atomic mass is 16.4. The lowest BCUT2D eigenvalue weighted by Gasteiger charge is -2.06. The van der Waals surface area contributed by atoms with Crippen LogP contribution in [0.15, 0.2) is 53.7 Å². The molecule has 0 fully saturated rings. The standard InChI is InChI=1S/C17H15N3O/c1-12(20-21)10-17(19)16-8-6-15(7-9-16)14-4-2-13(11-18)3-5-14/h2-9,19,21H,10H2,1H3/b19-17?,20-12+. The first-order valence-electron chi connectivity index (χ1n) is 6.50. The zero-order valence-electron chi connectivity index (χ0n) is 11.7. The predicted octanol–water partition coefficient (Wildman–Crippen LogP) is 3.83. The summed E-state index contributed by atoms with van der Waals surface area (Å²) in [5, 5.41) is 28.5. The third-order valence-electron chi connectivity index (χ3n) is 3.18. The van der Waals surface area contributed by atoms with Crippen molar-refractivity contribution in [2.24, 2.45) is 5.16 Å². The van der Waals surface area contributed by atoms with E-state index in [9.17, 15) is 0 Å². The molecule has 2 aromatic carbocycles. The second-order valence-electron chi connectivity index (χ2n) is 4.76. The van der Waals surface area contributed by atoms with E-state index in [4.69, 9.17) is 15.9 Å². The fourth-order valence-electron chi connectivity index (χ4n) is 1.99. The molecular formula is C17H15N3O. The van der Waals surface area contributed by atoms with Gasteiger partial charge in [0.15, 0.2) is 0 Å². The monoisotopic (exact) mass is 277 g/mol. The molecule has 0 aromatic heterocycles. The van der Waals surface area contributed by atoms with Crippen LogP contribution in [0.4, 0.5) is 0 Å². The van der Waals surface area contributed by atoms with Crippen molar-refractivity contribution < 1.29 is 5.21 Å². The molecule has 0 saturated heterocycles. The minimum atomic E-state index is 0.326. The number of hydrogen-bond acceptors (Lipinski definition) is 4. The van der Waals surface area contributed by atoms with Gasteiger partial charge in [0.1, 0.15) is 0 Å². The number of benzene rings is 2.